The third-order valence-corrected chi connectivity index (χ3v) is 7.82. The summed E-state index contributed by atoms with van der Waals surface area (Å²) in [6.45, 7) is 1.60. The molecule has 170 valence electrons. The number of amides is 1. The highest BCUT2D eigenvalue weighted by Gasteiger charge is 2.29. The lowest BCUT2D eigenvalue weighted by atomic mass is 10.3. The molecule has 1 aliphatic heterocycles. The van der Waals surface area contributed by atoms with Crippen molar-refractivity contribution >= 4 is 44.3 Å². The number of imidazole rings is 1. The quantitative estimate of drug-likeness (QED) is 0.600. The molecule has 9 nitrogen and oxygen atoms in total. The number of sulfonamides is 1. The van der Waals surface area contributed by atoms with Crippen LogP contribution in [0.1, 0.15) is 0 Å². The highest BCUT2D eigenvalue weighted by atomic mass is 35.5. The van der Waals surface area contributed by atoms with E-state index in [1.807, 2.05) is 4.90 Å². The van der Waals surface area contributed by atoms with Gasteiger partial charge in [-0.15, -0.1) is 0 Å². The Labute approximate surface area is 190 Å². The fourth-order valence-corrected chi connectivity index (χ4v) is 5.53. The molecule has 0 atom stereocenters. The van der Waals surface area contributed by atoms with Gasteiger partial charge in [-0.05, 0) is 36.4 Å². The number of nitrogens with zero attached hydrogens (tertiary/aromatic N) is 4. The van der Waals surface area contributed by atoms with Crippen LogP contribution in [0.2, 0.25) is 5.02 Å². The van der Waals surface area contributed by atoms with Gasteiger partial charge in [-0.1, -0.05) is 17.7 Å². The smallest absolute Gasteiger partial charge is 0.325 e. The summed E-state index contributed by atoms with van der Waals surface area (Å²) >= 11 is 5.94. The van der Waals surface area contributed by atoms with Crippen molar-refractivity contribution in [2.75, 3.05) is 38.0 Å². The standard InChI is InChI=1S/C21H24ClN5O4S/c1-24-18-7-6-17(13-19(18)25(2)21(24)29)32(30,31)27-10-8-26(9-11-27)14-20(28)23-16-5-3-4-15(22)12-16/h3-7,12-13H,8-11,14H2,1-2H3,(H,23,28). The average molecular weight is 478 g/mol. The first kappa shape index (κ1) is 22.5. The predicted octanol–water partition coefficient (Wildman–Crippen LogP) is 1.48. The number of hydrogen-bond donors (Lipinski definition) is 1. The van der Waals surface area contributed by atoms with E-state index < -0.39 is 10.0 Å². The van der Waals surface area contributed by atoms with Crippen LogP contribution in [-0.4, -0.2) is 65.4 Å². The molecule has 1 aromatic heterocycles. The number of carbonyl (C=O) groups is 1. The summed E-state index contributed by atoms with van der Waals surface area (Å²) in [5, 5.41) is 3.34. The Balaban J connectivity index is 1.41. The Morgan fingerprint density at radius 1 is 1.00 bits per heavy atom. The third kappa shape index (κ3) is 4.31. The second kappa shape index (κ2) is 8.70. The number of nitrogens with one attached hydrogen (secondary N) is 1. The van der Waals surface area contributed by atoms with Gasteiger partial charge in [0.25, 0.3) is 0 Å². The fraction of sp³-hybridized carbons (Fsp3) is 0.333. The summed E-state index contributed by atoms with van der Waals surface area (Å²) in [7, 11) is -0.440. The van der Waals surface area contributed by atoms with Gasteiger partial charge in [0.2, 0.25) is 15.9 Å². The van der Waals surface area contributed by atoms with Crippen LogP contribution in [0.3, 0.4) is 0 Å². The Morgan fingerprint density at radius 3 is 2.38 bits per heavy atom. The lowest BCUT2D eigenvalue weighted by molar-refractivity contribution is -0.117. The maximum atomic E-state index is 13.2. The Morgan fingerprint density at radius 2 is 1.69 bits per heavy atom. The topological polar surface area (TPSA) is 96.7 Å². The van der Waals surface area contributed by atoms with Crippen molar-refractivity contribution in [3.8, 4) is 0 Å². The van der Waals surface area contributed by atoms with Gasteiger partial charge in [0, 0.05) is 51.0 Å². The summed E-state index contributed by atoms with van der Waals surface area (Å²) in [6, 6.07) is 11.6. The summed E-state index contributed by atoms with van der Waals surface area (Å²) in [5.74, 6) is -0.181. The zero-order chi connectivity index (χ0) is 23.0. The normalized spacial score (nSPS) is 15.8. The molecule has 2 aromatic carbocycles. The molecular weight excluding hydrogens is 454 g/mol. The van der Waals surface area contributed by atoms with E-state index in [9.17, 15) is 18.0 Å². The van der Waals surface area contributed by atoms with E-state index in [4.69, 9.17) is 11.6 Å². The number of carbonyl (C=O) groups excluding carboxylic acids is 1. The van der Waals surface area contributed by atoms with Crippen molar-refractivity contribution in [3.05, 3.63) is 58.0 Å². The first-order valence-electron chi connectivity index (χ1n) is 10.1. The number of benzene rings is 2. The maximum absolute atomic E-state index is 13.2. The number of fused-ring (bicyclic) bond motifs is 1. The second-order valence-corrected chi connectivity index (χ2v) is 10.2. The van der Waals surface area contributed by atoms with E-state index in [1.165, 1.54) is 25.6 Å². The second-order valence-electron chi connectivity index (χ2n) is 7.79. The van der Waals surface area contributed by atoms with E-state index in [2.05, 4.69) is 5.32 Å². The van der Waals surface area contributed by atoms with Gasteiger partial charge in [-0.25, -0.2) is 13.2 Å². The van der Waals surface area contributed by atoms with Crippen LogP contribution in [0, 0.1) is 0 Å². The number of hydrogen-bond acceptors (Lipinski definition) is 5. The summed E-state index contributed by atoms with van der Waals surface area (Å²) < 4.78 is 30.7. The van der Waals surface area contributed by atoms with E-state index in [0.717, 1.165) is 0 Å². The van der Waals surface area contributed by atoms with Gasteiger partial charge in [-0.3, -0.25) is 18.8 Å². The molecule has 2 heterocycles. The Hall–Kier alpha value is -2.66. The molecule has 0 spiro atoms. The average Bonchev–Trinajstić information content (AvgIpc) is 2.98. The highest BCUT2D eigenvalue weighted by molar-refractivity contribution is 7.89. The first-order valence-corrected chi connectivity index (χ1v) is 11.9. The van der Waals surface area contributed by atoms with Gasteiger partial charge >= 0.3 is 5.69 Å². The van der Waals surface area contributed by atoms with Crippen molar-refractivity contribution in [2.45, 2.75) is 4.90 Å². The number of piperazine rings is 1. The molecule has 3 aromatic rings. The molecule has 0 unspecified atom stereocenters. The molecule has 1 N–H and O–H groups in total. The highest BCUT2D eigenvalue weighted by Crippen LogP contribution is 2.22. The van der Waals surface area contributed by atoms with Gasteiger partial charge in [0.1, 0.15) is 0 Å². The lowest BCUT2D eigenvalue weighted by Gasteiger charge is -2.33. The zero-order valence-corrected chi connectivity index (χ0v) is 19.4. The largest absolute Gasteiger partial charge is 0.328 e. The van der Waals surface area contributed by atoms with Gasteiger partial charge < -0.3 is 5.32 Å². The van der Waals surface area contributed by atoms with Crippen molar-refractivity contribution < 1.29 is 13.2 Å². The number of aryl methyl sites for hydroxylation is 2. The first-order chi connectivity index (χ1) is 15.2. The van der Waals surface area contributed by atoms with Crippen molar-refractivity contribution in [1.82, 2.24) is 18.3 Å². The van der Waals surface area contributed by atoms with Crippen LogP contribution in [0.4, 0.5) is 5.69 Å². The van der Waals surface area contributed by atoms with E-state index in [1.54, 1.807) is 44.4 Å². The summed E-state index contributed by atoms with van der Waals surface area (Å²) in [5.41, 5.74) is 1.65. The van der Waals surface area contributed by atoms with Gasteiger partial charge in [-0.2, -0.15) is 4.31 Å². The minimum Gasteiger partial charge on any atom is -0.325 e. The number of aromatic nitrogens is 2. The maximum Gasteiger partial charge on any atom is 0.328 e. The van der Waals surface area contributed by atoms with Crippen LogP contribution >= 0.6 is 11.6 Å². The molecule has 1 fully saturated rings. The predicted molar refractivity (Wildman–Crippen MR) is 123 cm³/mol. The van der Waals surface area contributed by atoms with Crippen LogP contribution < -0.4 is 11.0 Å². The minimum absolute atomic E-state index is 0.151. The molecule has 0 saturated carbocycles. The summed E-state index contributed by atoms with van der Waals surface area (Å²) in [4.78, 5) is 26.5. The fourth-order valence-electron chi connectivity index (χ4n) is 3.89. The van der Waals surface area contributed by atoms with Crippen LogP contribution in [0.25, 0.3) is 11.0 Å². The van der Waals surface area contributed by atoms with Crippen molar-refractivity contribution in [2.24, 2.45) is 14.1 Å². The number of rotatable bonds is 5. The Bertz CT molecular complexity index is 1340. The lowest BCUT2D eigenvalue weighted by Crippen LogP contribution is -2.50. The molecule has 1 amide bonds. The SMILES string of the molecule is Cn1c(=O)n(C)c2cc(S(=O)(=O)N3CCN(CC(=O)Nc4cccc(Cl)c4)CC3)ccc21. The van der Waals surface area contributed by atoms with Crippen LogP contribution in [0.5, 0.6) is 0 Å². The molecule has 11 heteroatoms. The zero-order valence-electron chi connectivity index (χ0n) is 17.8. The molecule has 1 aliphatic rings. The van der Waals surface area contributed by atoms with Crippen molar-refractivity contribution in [1.29, 1.82) is 0 Å². The molecule has 4 rings (SSSR count). The number of anilines is 1. The molecule has 32 heavy (non-hydrogen) atoms. The van der Waals surface area contributed by atoms with E-state index >= 15 is 0 Å². The minimum atomic E-state index is -3.71. The monoisotopic (exact) mass is 477 g/mol. The molecular formula is C21H24ClN5O4S. The molecule has 0 radical (unpaired) electrons. The summed E-state index contributed by atoms with van der Waals surface area (Å²) in [6.07, 6.45) is 0. The van der Waals surface area contributed by atoms with E-state index in [-0.39, 0.29) is 36.1 Å². The number of halogens is 1. The van der Waals surface area contributed by atoms with Gasteiger partial charge in [0.05, 0.1) is 22.5 Å². The van der Waals surface area contributed by atoms with Gasteiger partial charge in [0.15, 0.2) is 0 Å². The van der Waals surface area contributed by atoms with Crippen LogP contribution in [0.15, 0.2) is 52.2 Å². The molecule has 0 aliphatic carbocycles. The Kier molecular flexibility index (Phi) is 6.13. The van der Waals surface area contributed by atoms with Crippen molar-refractivity contribution in [3.63, 3.8) is 0 Å². The third-order valence-electron chi connectivity index (χ3n) is 5.69. The van der Waals surface area contributed by atoms with Crippen LogP contribution in [-0.2, 0) is 28.9 Å². The van der Waals surface area contributed by atoms with E-state index in [0.29, 0.717) is 34.8 Å². The molecule has 1 saturated heterocycles. The molecule has 0 bridgehead atoms.